The molecule has 1 amide bonds. The first-order valence-electron chi connectivity index (χ1n) is 5.41. The van der Waals surface area contributed by atoms with Gasteiger partial charge in [-0.1, -0.05) is 0 Å². The molecule has 0 spiro atoms. The fraction of sp³-hybridized carbons (Fsp3) is 0.900. The molecule has 2 aliphatic rings. The Labute approximate surface area is 97.0 Å². The number of rotatable bonds is 2. The molecule has 0 aromatic carbocycles. The second-order valence-corrected chi connectivity index (χ2v) is 4.02. The molecule has 0 aromatic rings. The van der Waals surface area contributed by atoms with Crippen LogP contribution < -0.4 is 0 Å². The zero-order chi connectivity index (χ0) is 9.80. The van der Waals surface area contributed by atoms with Crippen molar-refractivity contribution in [3.63, 3.8) is 0 Å². The third-order valence-corrected chi connectivity index (χ3v) is 3.21. The number of carbonyl (C=O) groups excluding carboxylic acids is 1. The summed E-state index contributed by atoms with van der Waals surface area (Å²) in [6.07, 6.45) is 3.22. The topological polar surface area (TPSA) is 32.8 Å². The summed E-state index contributed by atoms with van der Waals surface area (Å²) in [7, 11) is 0. The zero-order valence-electron chi connectivity index (χ0n) is 8.93. The van der Waals surface area contributed by atoms with Gasteiger partial charge in [-0.25, -0.2) is 0 Å². The Balaban J connectivity index is 0.00000112. The molecule has 0 saturated carbocycles. The molecule has 4 nitrogen and oxygen atoms in total. The molecule has 2 heterocycles. The van der Waals surface area contributed by atoms with Gasteiger partial charge in [-0.15, -0.1) is 12.4 Å². The van der Waals surface area contributed by atoms with Crippen molar-refractivity contribution in [2.24, 2.45) is 0 Å². The molecule has 15 heavy (non-hydrogen) atoms. The van der Waals surface area contributed by atoms with Crippen molar-refractivity contribution in [3.05, 3.63) is 0 Å². The van der Waals surface area contributed by atoms with Gasteiger partial charge >= 0.3 is 0 Å². The third kappa shape index (κ3) is 3.33. The third-order valence-electron chi connectivity index (χ3n) is 3.21. The van der Waals surface area contributed by atoms with Crippen LogP contribution in [0.25, 0.3) is 0 Å². The van der Waals surface area contributed by atoms with Gasteiger partial charge in [-0.05, 0) is 12.8 Å². The van der Waals surface area contributed by atoms with Crippen molar-refractivity contribution in [2.45, 2.75) is 18.9 Å². The molecule has 0 N–H and O–H groups in total. The van der Waals surface area contributed by atoms with E-state index < -0.39 is 0 Å². The number of likely N-dealkylation sites (tertiary alicyclic amines) is 1. The first-order valence-corrected chi connectivity index (χ1v) is 5.41. The fourth-order valence-electron chi connectivity index (χ4n) is 2.30. The predicted molar refractivity (Wildman–Crippen MR) is 60.3 cm³/mol. The van der Waals surface area contributed by atoms with Crippen LogP contribution in [0.1, 0.15) is 12.8 Å². The van der Waals surface area contributed by atoms with Crippen LogP contribution in [-0.4, -0.2) is 61.6 Å². The summed E-state index contributed by atoms with van der Waals surface area (Å²) in [5.41, 5.74) is 0. The van der Waals surface area contributed by atoms with Gasteiger partial charge in [0.2, 0.25) is 6.41 Å². The van der Waals surface area contributed by atoms with E-state index in [1.165, 1.54) is 0 Å². The maximum absolute atomic E-state index is 10.5. The minimum Gasteiger partial charge on any atom is -0.379 e. The molecule has 0 aliphatic carbocycles. The number of halogens is 1. The van der Waals surface area contributed by atoms with Crippen LogP contribution >= 0.6 is 12.4 Å². The molecule has 0 atom stereocenters. The van der Waals surface area contributed by atoms with Gasteiger partial charge < -0.3 is 9.64 Å². The maximum atomic E-state index is 10.5. The molecular formula is C10H19ClN2O2. The second kappa shape index (κ2) is 6.30. The average molecular weight is 235 g/mol. The molecule has 2 aliphatic heterocycles. The molecule has 0 bridgehead atoms. The van der Waals surface area contributed by atoms with Crippen LogP contribution in [0.4, 0.5) is 0 Å². The highest BCUT2D eigenvalue weighted by atomic mass is 35.5. The van der Waals surface area contributed by atoms with Gasteiger partial charge in [0.15, 0.2) is 0 Å². The second-order valence-electron chi connectivity index (χ2n) is 4.02. The Morgan fingerprint density at radius 1 is 1.07 bits per heavy atom. The van der Waals surface area contributed by atoms with Gasteiger partial charge in [0, 0.05) is 32.2 Å². The summed E-state index contributed by atoms with van der Waals surface area (Å²) in [5, 5.41) is 0. The van der Waals surface area contributed by atoms with Gasteiger partial charge in [0.25, 0.3) is 0 Å². The van der Waals surface area contributed by atoms with E-state index in [4.69, 9.17) is 4.74 Å². The molecule has 2 rings (SSSR count). The summed E-state index contributed by atoms with van der Waals surface area (Å²) < 4.78 is 5.32. The number of hydrogen-bond acceptors (Lipinski definition) is 3. The fourth-order valence-corrected chi connectivity index (χ4v) is 2.30. The normalized spacial score (nSPS) is 24.7. The monoisotopic (exact) mass is 234 g/mol. The largest absolute Gasteiger partial charge is 0.379 e. The van der Waals surface area contributed by atoms with Crippen LogP contribution in [0.2, 0.25) is 0 Å². The van der Waals surface area contributed by atoms with E-state index in [2.05, 4.69) is 4.90 Å². The van der Waals surface area contributed by atoms with Gasteiger partial charge in [-0.3, -0.25) is 9.69 Å². The van der Waals surface area contributed by atoms with Crippen LogP contribution in [0.5, 0.6) is 0 Å². The molecule has 0 radical (unpaired) electrons. The molecular weight excluding hydrogens is 216 g/mol. The van der Waals surface area contributed by atoms with E-state index in [-0.39, 0.29) is 12.4 Å². The first-order chi connectivity index (χ1) is 6.90. The minimum absolute atomic E-state index is 0. The molecule has 2 saturated heterocycles. The van der Waals surface area contributed by atoms with E-state index in [9.17, 15) is 4.79 Å². The highest BCUT2D eigenvalue weighted by Crippen LogP contribution is 2.16. The van der Waals surface area contributed by atoms with E-state index in [1.54, 1.807) is 0 Å². The summed E-state index contributed by atoms with van der Waals surface area (Å²) >= 11 is 0. The number of piperidine rings is 1. The summed E-state index contributed by atoms with van der Waals surface area (Å²) in [6.45, 7) is 5.70. The number of amides is 1. The van der Waals surface area contributed by atoms with Crippen molar-refractivity contribution in [1.82, 2.24) is 9.80 Å². The van der Waals surface area contributed by atoms with Crippen LogP contribution in [0.3, 0.4) is 0 Å². The summed E-state index contributed by atoms with van der Waals surface area (Å²) in [6, 6.07) is 0.676. The lowest BCUT2D eigenvalue weighted by Gasteiger charge is -2.39. The average Bonchev–Trinajstić information content (AvgIpc) is 2.30. The lowest BCUT2D eigenvalue weighted by Crippen LogP contribution is -2.48. The quantitative estimate of drug-likeness (QED) is 0.647. The van der Waals surface area contributed by atoms with Gasteiger partial charge in [-0.2, -0.15) is 0 Å². The number of nitrogens with zero attached hydrogens (tertiary/aromatic N) is 2. The standard InChI is InChI=1S/C10H18N2O2.ClH/c13-9-11-3-1-10(2-4-11)12-5-7-14-8-6-12;/h9-10H,1-8H2;1H. The molecule has 88 valence electrons. The van der Waals surface area contributed by atoms with E-state index >= 15 is 0 Å². The lowest BCUT2D eigenvalue weighted by molar-refractivity contribution is -0.119. The first kappa shape index (κ1) is 12.7. The minimum atomic E-state index is 0. The predicted octanol–water partition coefficient (Wildman–Crippen LogP) is 0.361. The highest BCUT2D eigenvalue weighted by molar-refractivity contribution is 5.85. The van der Waals surface area contributed by atoms with Gasteiger partial charge in [0.1, 0.15) is 0 Å². The lowest BCUT2D eigenvalue weighted by atomic mass is 10.0. The van der Waals surface area contributed by atoms with Crippen LogP contribution in [0.15, 0.2) is 0 Å². The van der Waals surface area contributed by atoms with Crippen molar-refractivity contribution in [1.29, 1.82) is 0 Å². The number of hydrogen-bond donors (Lipinski definition) is 0. The van der Waals surface area contributed by atoms with Crippen molar-refractivity contribution < 1.29 is 9.53 Å². The summed E-state index contributed by atoms with van der Waals surface area (Å²) in [4.78, 5) is 14.9. The van der Waals surface area contributed by atoms with E-state index in [1.807, 2.05) is 4.90 Å². The molecule has 0 unspecified atom stereocenters. The van der Waals surface area contributed by atoms with Crippen molar-refractivity contribution in [2.75, 3.05) is 39.4 Å². The van der Waals surface area contributed by atoms with Gasteiger partial charge in [0.05, 0.1) is 13.2 Å². The maximum Gasteiger partial charge on any atom is 0.209 e. The number of ether oxygens (including phenoxy) is 1. The Hall–Kier alpha value is -0.320. The smallest absolute Gasteiger partial charge is 0.209 e. The van der Waals surface area contributed by atoms with Crippen LogP contribution in [0, 0.1) is 0 Å². The summed E-state index contributed by atoms with van der Waals surface area (Å²) in [5.74, 6) is 0. The number of morpholine rings is 1. The Kier molecular flexibility index (Phi) is 5.36. The van der Waals surface area contributed by atoms with E-state index in [0.717, 1.165) is 58.6 Å². The van der Waals surface area contributed by atoms with Crippen molar-refractivity contribution in [3.8, 4) is 0 Å². The SMILES string of the molecule is Cl.O=CN1CCC(N2CCOCC2)CC1. The Morgan fingerprint density at radius 3 is 2.20 bits per heavy atom. The highest BCUT2D eigenvalue weighted by Gasteiger charge is 2.24. The molecule has 5 heteroatoms. The van der Waals surface area contributed by atoms with Crippen molar-refractivity contribution >= 4 is 18.8 Å². The van der Waals surface area contributed by atoms with Crippen LogP contribution in [-0.2, 0) is 9.53 Å². The molecule has 2 fully saturated rings. The molecule has 0 aromatic heterocycles. The van der Waals surface area contributed by atoms with E-state index in [0.29, 0.717) is 6.04 Å². The Bertz CT molecular complexity index is 190. The Morgan fingerprint density at radius 2 is 1.67 bits per heavy atom. The number of carbonyl (C=O) groups is 1. The zero-order valence-corrected chi connectivity index (χ0v) is 9.75.